The fraction of sp³-hybridized carbons (Fsp3) is 0.242. The number of halogens is 3. The summed E-state index contributed by atoms with van der Waals surface area (Å²) in [6.45, 7) is 0.849. The van der Waals surface area contributed by atoms with Crippen molar-refractivity contribution in [2.75, 3.05) is 37.0 Å². The van der Waals surface area contributed by atoms with Gasteiger partial charge in [-0.3, -0.25) is 24.0 Å². The van der Waals surface area contributed by atoms with Crippen molar-refractivity contribution in [3.8, 4) is 11.8 Å². The molecular weight excluding hydrogens is 617 g/mol. The normalized spacial score (nSPS) is 17.5. The Balaban J connectivity index is 1.34. The second kappa shape index (κ2) is 12.3. The summed E-state index contributed by atoms with van der Waals surface area (Å²) in [5, 5.41) is 25.8. The van der Waals surface area contributed by atoms with E-state index in [4.69, 9.17) is 4.74 Å². The number of anilines is 2. The van der Waals surface area contributed by atoms with E-state index in [1.165, 1.54) is 65.4 Å². The lowest BCUT2D eigenvalue weighted by atomic mass is 9.99. The van der Waals surface area contributed by atoms with Crippen LogP contribution in [0.2, 0.25) is 0 Å². The molecule has 14 heteroatoms. The lowest BCUT2D eigenvalue weighted by Crippen LogP contribution is -2.51. The SMILES string of the molecule is COc1ccc(C(=O)Nc2cnn3c2C(=O)N(c2ccc(C(F)(F)c4ccc(F)cc4)cc2)[C@H]2CN(CCC(=O)O)C[C@H]23)cc1C#N. The van der Waals surface area contributed by atoms with Crippen LogP contribution in [0, 0.1) is 17.1 Å². The Morgan fingerprint density at radius 3 is 2.36 bits per heavy atom. The number of likely N-dealkylation sites (tertiary alicyclic amines) is 1. The summed E-state index contributed by atoms with van der Waals surface area (Å²) in [6, 6.07) is 14.4. The molecule has 0 aliphatic carbocycles. The molecule has 2 aliphatic rings. The number of nitrogens with zero attached hydrogens (tertiary/aromatic N) is 5. The van der Waals surface area contributed by atoms with Crippen molar-refractivity contribution in [3.63, 3.8) is 0 Å². The number of amides is 2. The number of carbonyl (C=O) groups excluding carboxylic acids is 2. The third kappa shape index (κ3) is 5.77. The zero-order valence-electron chi connectivity index (χ0n) is 24.9. The largest absolute Gasteiger partial charge is 0.495 e. The van der Waals surface area contributed by atoms with Gasteiger partial charge in [-0.15, -0.1) is 0 Å². The molecule has 1 fully saturated rings. The zero-order chi connectivity index (χ0) is 33.5. The molecule has 1 aromatic heterocycles. The molecule has 47 heavy (non-hydrogen) atoms. The molecule has 0 unspecified atom stereocenters. The first-order valence-corrected chi connectivity index (χ1v) is 14.5. The van der Waals surface area contributed by atoms with Crippen molar-refractivity contribution < 1.29 is 37.4 Å². The number of nitrogens with one attached hydrogen (secondary N) is 1. The van der Waals surface area contributed by atoms with Gasteiger partial charge < -0.3 is 20.1 Å². The smallest absolute Gasteiger partial charge is 0.304 e. The van der Waals surface area contributed by atoms with Crippen LogP contribution in [-0.2, 0) is 10.7 Å². The lowest BCUT2D eigenvalue weighted by molar-refractivity contribution is -0.137. The van der Waals surface area contributed by atoms with Crippen LogP contribution in [0.15, 0.2) is 72.9 Å². The fourth-order valence-corrected chi connectivity index (χ4v) is 6.06. The number of fused-ring (bicyclic) bond motifs is 3. The predicted octanol–water partition coefficient (Wildman–Crippen LogP) is 4.66. The molecule has 0 saturated carbocycles. The highest BCUT2D eigenvalue weighted by atomic mass is 19.3. The monoisotopic (exact) mass is 644 g/mol. The molecule has 6 rings (SSSR count). The molecule has 240 valence electrons. The Labute approximate surface area is 266 Å². The number of rotatable bonds is 9. The quantitative estimate of drug-likeness (QED) is 0.268. The summed E-state index contributed by atoms with van der Waals surface area (Å²) in [5.41, 5.74) is -0.0222. The maximum atomic E-state index is 15.3. The first-order valence-electron chi connectivity index (χ1n) is 14.5. The van der Waals surface area contributed by atoms with Crippen LogP contribution in [0.1, 0.15) is 50.0 Å². The molecule has 2 amide bonds. The number of methoxy groups -OCH3 is 1. The highest BCUT2D eigenvalue weighted by Gasteiger charge is 2.48. The van der Waals surface area contributed by atoms with Crippen molar-refractivity contribution in [1.82, 2.24) is 14.7 Å². The number of hydrogen-bond donors (Lipinski definition) is 2. The van der Waals surface area contributed by atoms with Gasteiger partial charge in [0.2, 0.25) is 0 Å². The molecular formula is C33H27F3N6O5. The van der Waals surface area contributed by atoms with E-state index in [0.717, 1.165) is 24.3 Å². The van der Waals surface area contributed by atoms with Crippen molar-refractivity contribution in [2.45, 2.75) is 24.4 Å². The van der Waals surface area contributed by atoms with E-state index in [2.05, 4.69) is 10.4 Å². The molecule has 0 radical (unpaired) electrons. The maximum absolute atomic E-state index is 15.3. The summed E-state index contributed by atoms with van der Waals surface area (Å²) in [6.07, 6.45) is 1.22. The third-order valence-corrected chi connectivity index (χ3v) is 8.38. The van der Waals surface area contributed by atoms with Crippen molar-refractivity contribution in [1.29, 1.82) is 5.26 Å². The second-order valence-corrected chi connectivity index (χ2v) is 11.2. The Hall–Kier alpha value is -5.68. The molecule has 3 heterocycles. The van der Waals surface area contributed by atoms with Crippen LogP contribution in [0.25, 0.3) is 0 Å². The number of benzene rings is 3. The van der Waals surface area contributed by atoms with Gasteiger partial charge in [0.05, 0.1) is 43.1 Å². The predicted molar refractivity (Wildman–Crippen MR) is 162 cm³/mol. The molecule has 0 bridgehead atoms. The summed E-state index contributed by atoms with van der Waals surface area (Å²) in [4.78, 5) is 42.1. The molecule has 2 atom stereocenters. The number of carboxylic acids is 1. The Kier molecular flexibility index (Phi) is 8.16. The van der Waals surface area contributed by atoms with Gasteiger partial charge in [0.25, 0.3) is 17.7 Å². The average molecular weight is 645 g/mol. The molecule has 2 N–H and O–H groups in total. The van der Waals surface area contributed by atoms with Gasteiger partial charge in [0.1, 0.15) is 17.6 Å². The van der Waals surface area contributed by atoms with Gasteiger partial charge >= 0.3 is 5.97 Å². The summed E-state index contributed by atoms with van der Waals surface area (Å²) >= 11 is 0. The van der Waals surface area contributed by atoms with Gasteiger partial charge in [-0.05, 0) is 54.6 Å². The fourth-order valence-electron chi connectivity index (χ4n) is 6.06. The minimum Gasteiger partial charge on any atom is -0.495 e. The molecule has 0 spiro atoms. The highest BCUT2D eigenvalue weighted by molar-refractivity contribution is 6.13. The van der Waals surface area contributed by atoms with Gasteiger partial charge in [-0.1, -0.05) is 12.1 Å². The average Bonchev–Trinajstić information content (AvgIpc) is 3.68. The number of ether oxygens (including phenoxy) is 1. The highest BCUT2D eigenvalue weighted by Crippen LogP contribution is 2.41. The van der Waals surface area contributed by atoms with Crippen LogP contribution >= 0.6 is 0 Å². The van der Waals surface area contributed by atoms with E-state index >= 15 is 8.78 Å². The number of hydrogen-bond acceptors (Lipinski definition) is 7. The van der Waals surface area contributed by atoms with E-state index < -0.39 is 47.2 Å². The van der Waals surface area contributed by atoms with Crippen LogP contribution in [0.3, 0.4) is 0 Å². The van der Waals surface area contributed by atoms with Gasteiger partial charge in [-0.2, -0.15) is 19.1 Å². The standard InChI is InChI=1S/C33H27F3N6O5/c1-47-28-11-2-19(14-20(28)15-37)31(45)39-25-16-38-42-27-18-40(13-12-29(43)44)17-26(27)41(32(46)30(25)42)24-9-5-22(6-10-24)33(35,36)21-3-7-23(34)8-4-21/h2-11,14,16,26-27H,12-13,17-18H2,1H3,(H,39,45)(H,43,44)/t26-,27+/m0/s1. The van der Waals surface area contributed by atoms with E-state index in [-0.39, 0.29) is 41.0 Å². The van der Waals surface area contributed by atoms with Gasteiger partial charge in [0.15, 0.2) is 5.69 Å². The number of aromatic nitrogens is 2. The first kappa shape index (κ1) is 31.3. The minimum absolute atomic E-state index is 0.0504. The number of nitriles is 1. The van der Waals surface area contributed by atoms with E-state index in [1.807, 2.05) is 11.0 Å². The molecule has 11 nitrogen and oxygen atoms in total. The minimum atomic E-state index is -3.44. The molecule has 2 aliphatic heterocycles. The summed E-state index contributed by atoms with van der Waals surface area (Å²) in [7, 11) is 1.40. The van der Waals surface area contributed by atoms with Crippen molar-refractivity contribution in [3.05, 3.63) is 107 Å². The van der Waals surface area contributed by atoms with E-state index in [9.17, 15) is 29.1 Å². The molecule has 3 aromatic carbocycles. The van der Waals surface area contributed by atoms with E-state index in [0.29, 0.717) is 24.5 Å². The van der Waals surface area contributed by atoms with Gasteiger partial charge in [-0.25, -0.2) is 4.39 Å². The van der Waals surface area contributed by atoms with Crippen LogP contribution < -0.4 is 15.0 Å². The first-order chi connectivity index (χ1) is 22.5. The maximum Gasteiger partial charge on any atom is 0.304 e. The van der Waals surface area contributed by atoms with Crippen LogP contribution in [-0.4, -0.2) is 70.4 Å². The van der Waals surface area contributed by atoms with Crippen molar-refractivity contribution >= 4 is 29.2 Å². The lowest BCUT2D eigenvalue weighted by Gasteiger charge is -2.37. The van der Waals surface area contributed by atoms with E-state index in [1.54, 1.807) is 0 Å². The Morgan fingerprint density at radius 2 is 1.72 bits per heavy atom. The Morgan fingerprint density at radius 1 is 1.06 bits per heavy atom. The van der Waals surface area contributed by atoms with Crippen LogP contribution in [0.4, 0.5) is 24.5 Å². The number of carboxylic acid groups (broad SMARTS) is 1. The number of alkyl halides is 2. The Bertz CT molecular complexity index is 1910. The number of carbonyl (C=O) groups is 3. The summed E-state index contributed by atoms with van der Waals surface area (Å²) in [5.74, 6) is -5.93. The molecule has 1 saturated heterocycles. The third-order valence-electron chi connectivity index (χ3n) is 8.38. The summed E-state index contributed by atoms with van der Waals surface area (Å²) < 4.78 is 50.6. The van der Waals surface area contributed by atoms with Crippen molar-refractivity contribution in [2.24, 2.45) is 0 Å². The molecule has 4 aromatic rings. The second-order valence-electron chi connectivity index (χ2n) is 11.2. The topological polar surface area (TPSA) is 141 Å². The zero-order valence-corrected chi connectivity index (χ0v) is 24.9. The van der Waals surface area contributed by atoms with Crippen LogP contribution in [0.5, 0.6) is 5.75 Å². The number of aliphatic carboxylic acids is 1. The van der Waals surface area contributed by atoms with Gasteiger partial charge in [0, 0.05) is 42.0 Å².